The number of aliphatic carboxylic acids is 1. The lowest BCUT2D eigenvalue weighted by atomic mass is 10.0. The molecule has 0 spiro atoms. The highest BCUT2D eigenvalue weighted by molar-refractivity contribution is 8.01. The number of phenols is 1. The number of aromatic hydroxyl groups is 1. The van der Waals surface area contributed by atoms with E-state index in [-0.39, 0.29) is 11.4 Å². The maximum Gasteiger partial charge on any atom is 0.352 e. The minimum atomic E-state index is -1.18. The van der Waals surface area contributed by atoms with E-state index < -0.39 is 35.2 Å². The topological polar surface area (TPSA) is 159 Å². The van der Waals surface area contributed by atoms with Gasteiger partial charge in [0.25, 0.3) is 5.91 Å². The van der Waals surface area contributed by atoms with Gasteiger partial charge in [-0.15, -0.1) is 22.0 Å². The highest BCUT2D eigenvalue weighted by atomic mass is 32.2. The van der Waals surface area contributed by atoms with E-state index in [1.54, 1.807) is 0 Å². The summed E-state index contributed by atoms with van der Waals surface area (Å²) in [6.07, 6.45) is 0. The second-order valence-electron chi connectivity index (χ2n) is 7.10. The lowest BCUT2D eigenvalue weighted by Crippen LogP contribution is -2.71. The Kier molecular flexibility index (Phi) is 6.42. The van der Waals surface area contributed by atoms with Crippen LogP contribution < -0.4 is 11.1 Å². The number of nitrogens with two attached hydrogens (primary N) is 1. The van der Waals surface area contributed by atoms with Crippen LogP contribution in [0.1, 0.15) is 16.6 Å². The van der Waals surface area contributed by atoms with Crippen LogP contribution >= 0.6 is 34.9 Å². The molecule has 1 aromatic carbocycles. The van der Waals surface area contributed by atoms with Gasteiger partial charge in [0, 0.05) is 11.5 Å². The van der Waals surface area contributed by atoms with Gasteiger partial charge in [-0.25, -0.2) is 4.79 Å². The summed E-state index contributed by atoms with van der Waals surface area (Å²) in [7, 11) is 0. The largest absolute Gasteiger partial charge is 0.508 e. The third kappa shape index (κ3) is 4.33. The summed E-state index contributed by atoms with van der Waals surface area (Å²) in [4.78, 5) is 38.5. The van der Waals surface area contributed by atoms with Crippen LogP contribution in [0.15, 0.2) is 39.9 Å². The summed E-state index contributed by atoms with van der Waals surface area (Å²) in [5, 5.41) is 30.0. The van der Waals surface area contributed by atoms with Gasteiger partial charge >= 0.3 is 5.97 Å². The molecule has 2 aliphatic rings. The molecule has 2 aliphatic heterocycles. The van der Waals surface area contributed by atoms with E-state index in [0.29, 0.717) is 22.6 Å². The summed E-state index contributed by atoms with van der Waals surface area (Å²) in [6, 6.07) is 4.01. The van der Waals surface area contributed by atoms with Gasteiger partial charge in [0.2, 0.25) is 5.91 Å². The number of aromatic nitrogens is 2. The molecule has 168 valence electrons. The third-order valence-electron chi connectivity index (χ3n) is 4.96. The van der Waals surface area contributed by atoms with Crippen molar-refractivity contribution in [3.8, 4) is 5.75 Å². The van der Waals surface area contributed by atoms with Gasteiger partial charge in [-0.3, -0.25) is 14.5 Å². The lowest BCUT2D eigenvalue weighted by molar-refractivity contribution is -0.150. The zero-order valence-electron chi connectivity index (χ0n) is 16.7. The number of benzene rings is 1. The molecule has 0 saturated carbocycles. The number of nitrogens with zero attached hydrogens (tertiary/aromatic N) is 3. The van der Waals surface area contributed by atoms with Crippen LogP contribution in [0.3, 0.4) is 0 Å². The van der Waals surface area contributed by atoms with Crippen molar-refractivity contribution in [1.29, 1.82) is 0 Å². The summed E-state index contributed by atoms with van der Waals surface area (Å²) in [5.41, 5.74) is 7.05. The van der Waals surface area contributed by atoms with Crippen molar-refractivity contribution < 1.29 is 24.6 Å². The number of carboxylic acid groups (broad SMARTS) is 1. The van der Waals surface area contributed by atoms with Gasteiger partial charge in [-0.05, 0) is 30.2 Å². The number of hydrogen-bond acceptors (Lipinski definition) is 10. The first kappa shape index (κ1) is 22.6. The molecule has 10 nitrogen and oxygen atoms in total. The number of amides is 2. The number of β-lactam (4-membered cyclic amide) rings is 1. The monoisotopic (exact) mass is 493 g/mol. The number of thioether (sulfide) groups is 2. The van der Waals surface area contributed by atoms with E-state index in [1.807, 2.05) is 6.92 Å². The molecule has 0 aliphatic carbocycles. The smallest absolute Gasteiger partial charge is 0.352 e. The van der Waals surface area contributed by atoms with Crippen molar-refractivity contribution >= 4 is 52.6 Å². The van der Waals surface area contributed by atoms with Crippen LogP contribution in [0.2, 0.25) is 0 Å². The Morgan fingerprint density at radius 3 is 2.69 bits per heavy atom. The molecule has 32 heavy (non-hydrogen) atoms. The standard InChI is InChI=1S/C19H19N5O5S3/c1-8-22-23-19(32-8)31-7-10-6-30-17-13(16(27)24(17)14(10)18(28)29)21-15(26)12(20)9-2-4-11(25)5-3-9/h2-5,12-13,17,25H,6-7,20H2,1H3,(H,21,26)(H,28,29)/t12?,13?,17-/m1/s1. The van der Waals surface area contributed by atoms with E-state index in [9.17, 15) is 24.6 Å². The Morgan fingerprint density at radius 2 is 2.06 bits per heavy atom. The second kappa shape index (κ2) is 9.10. The molecule has 1 saturated heterocycles. The SMILES string of the molecule is Cc1nnc(SCC2=C(C(=O)O)N3C(=O)C(NC(=O)C(N)c4ccc(O)cc4)[C@H]3SC2)s1. The molecule has 4 rings (SSSR count). The molecule has 0 radical (unpaired) electrons. The molecule has 0 bridgehead atoms. The molecule has 3 heterocycles. The number of phenolic OH excluding ortho intramolecular Hbond substituents is 1. The molecular formula is C19H19N5O5S3. The summed E-state index contributed by atoms with van der Waals surface area (Å²) >= 11 is 4.20. The molecule has 13 heteroatoms. The van der Waals surface area contributed by atoms with Crippen LogP contribution in [0, 0.1) is 6.92 Å². The van der Waals surface area contributed by atoms with Gasteiger partial charge in [0.1, 0.15) is 33.9 Å². The number of hydrogen-bond donors (Lipinski definition) is 4. The van der Waals surface area contributed by atoms with Crippen LogP contribution in [-0.4, -0.2) is 66.0 Å². The quantitative estimate of drug-likeness (QED) is 0.325. The van der Waals surface area contributed by atoms with Crippen LogP contribution in [0.5, 0.6) is 5.75 Å². The minimum Gasteiger partial charge on any atom is -0.508 e. The van der Waals surface area contributed by atoms with Gasteiger partial charge in [0.15, 0.2) is 4.34 Å². The van der Waals surface area contributed by atoms with E-state index in [4.69, 9.17) is 5.73 Å². The normalized spacial score (nSPS) is 21.1. The highest BCUT2D eigenvalue weighted by Crippen LogP contribution is 2.42. The number of fused-ring (bicyclic) bond motifs is 1. The zero-order chi connectivity index (χ0) is 23.0. The molecule has 5 N–H and O–H groups in total. The second-order valence-corrected chi connectivity index (χ2v) is 10.6. The average Bonchev–Trinajstić information content (AvgIpc) is 3.20. The van der Waals surface area contributed by atoms with E-state index >= 15 is 0 Å². The van der Waals surface area contributed by atoms with Crippen molar-refractivity contribution in [1.82, 2.24) is 20.4 Å². The van der Waals surface area contributed by atoms with Gasteiger partial charge in [0.05, 0.1) is 0 Å². The Balaban J connectivity index is 1.45. The maximum absolute atomic E-state index is 12.8. The number of carboxylic acids is 1. The fourth-order valence-electron chi connectivity index (χ4n) is 3.36. The summed E-state index contributed by atoms with van der Waals surface area (Å²) < 4.78 is 0.732. The van der Waals surface area contributed by atoms with Gasteiger partial charge in [-0.2, -0.15) is 0 Å². The molecule has 2 amide bonds. The molecule has 2 unspecified atom stereocenters. The van der Waals surface area contributed by atoms with Crippen molar-refractivity contribution in [2.24, 2.45) is 5.73 Å². The summed E-state index contributed by atoms with van der Waals surface area (Å²) in [6.45, 7) is 1.84. The van der Waals surface area contributed by atoms with Crippen molar-refractivity contribution in [3.63, 3.8) is 0 Å². The van der Waals surface area contributed by atoms with Gasteiger partial charge in [-0.1, -0.05) is 35.2 Å². The molecule has 1 fully saturated rings. The number of carbonyl (C=O) groups excluding carboxylic acids is 2. The van der Waals surface area contributed by atoms with E-state index in [1.165, 1.54) is 64.0 Å². The van der Waals surface area contributed by atoms with Gasteiger partial charge < -0.3 is 21.3 Å². The van der Waals surface area contributed by atoms with E-state index in [0.717, 1.165) is 9.35 Å². The average molecular weight is 494 g/mol. The Morgan fingerprint density at radius 1 is 1.34 bits per heavy atom. The van der Waals surface area contributed by atoms with E-state index in [2.05, 4.69) is 15.5 Å². The van der Waals surface area contributed by atoms with Crippen LogP contribution in [0.25, 0.3) is 0 Å². The molecular weight excluding hydrogens is 474 g/mol. The van der Waals surface area contributed by atoms with Crippen LogP contribution in [0.4, 0.5) is 0 Å². The maximum atomic E-state index is 12.8. The highest BCUT2D eigenvalue weighted by Gasteiger charge is 2.54. The minimum absolute atomic E-state index is 0.0409. The molecule has 2 aromatic rings. The fourth-order valence-corrected chi connectivity index (χ4v) is 6.66. The fraction of sp³-hybridized carbons (Fsp3) is 0.316. The summed E-state index contributed by atoms with van der Waals surface area (Å²) in [5.74, 6) is -1.38. The number of rotatable bonds is 7. The first-order valence-corrected chi connectivity index (χ1v) is 12.3. The number of carbonyl (C=O) groups is 3. The first-order valence-electron chi connectivity index (χ1n) is 9.44. The Hall–Kier alpha value is -2.61. The zero-order valence-corrected chi connectivity index (χ0v) is 19.2. The van der Waals surface area contributed by atoms with Crippen LogP contribution in [-0.2, 0) is 14.4 Å². The lowest BCUT2D eigenvalue weighted by Gasteiger charge is -2.49. The number of nitrogens with one attached hydrogen (secondary N) is 1. The molecule has 3 atom stereocenters. The first-order chi connectivity index (χ1) is 15.3. The van der Waals surface area contributed by atoms with Crippen molar-refractivity contribution in [2.75, 3.05) is 11.5 Å². The van der Waals surface area contributed by atoms with Crippen molar-refractivity contribution in [2.45, 2.75) is 28.7 Å². The third-order valence-corrected chi connectivity index (χ3v) is 8.36. The predicted octanol–water partition coefficient (Wildman–Crippen LogP) is 1.08. The number of aryl methyl sites for hydroxylation is 1. The van der Waals surface area contributed by atoms with Crippen molar-refractivity contribution in [3.05, 3.63) is 46.1 Å². The predicted molar refractivity (Wildman–Crippen MR) is 120 cm³/mol. The Bertz CT molecular complexity index is 1100. The Labute approximate surface area is 195 Å². The molecule has 1 aromatic heterocycles.